The van der Waals surface area contributed by atoms with Gasteiger partial charge in [0, 0.05) is 24.7 Å². The van der Waals surface area contributed by atoms with E-state index in [0.717, 1.165) is 38.0 Å². The third-order valence-corrected chi connectivity index (χ3v) is 4.95. The molecule has 0 spiro atoms. The number of benzene rings is 1. The summed E-state index contributed by atoms with van der Waals surface area (Å²) in [6.07, 6.45) is 2.94. The molecule has 0 aliphatic heterocycles. The number of aliphatic hydroxyl groups excluding tert-OH is 1. The van der Waals surface area contributed by atoms with E-state index in [1.54, 1.807) is 0 Å². The highest BCUT2D eigenvalue weighted by molar-refractivity contribution is 5.46. The molecule has 0 bridgehead atoms. The van der Waals surface area contributed by atoms with Crippen molar-refractivity contribution in [1.29, 1.82) is 0 Å². The Kier molecular flexibility index (Phi) is 5.63. The molecule has 1 aromatic rings. The molecule has 1 aliphatic carbocycles. The van der Waals surface area contributed by atoms with Gasteiger partial charge in [0.25, 0.3) is 0 Å². The average Bonchev–Trinajstić information content (AvgIpc) is 2.47. The van der Waals surface area contributed by atoms with Crippen molar-refractivity contribution < 1.29 is 9.50 Å². The summed E-state index contributed by atoms with van der Waals surface area (Å²) in [5.41, 5.74) is 1.04. The van der Waals surface area contributed by atoms with Crippen LogP contribution in [-0.4, -0.2) is 24.3 Å². The summed E-state index contributed by atoms with van der Waals surface area (Å²) in [5.74, 6) is 1.51. The Morgan fingerprint density at radius 2 is 1.90 bits per heavy atom. The molecule has 0 saturated heterocycles. The molecule has 3 unspecified atom stereocenters. The largest absolute Gasteiger partial charge is 0.393 e. The minimum absolute atomic E-state index is 0.200. The molecule has 0 heterocycles. The minimum atomic E-state index is -0.202. The maximum Gasteiger partial charge on any atom is 0.123 e. The maximum absolute atomic E-state index is 13.1. The Labute approximate surface area is 128 Å². The van der Waals surface area contributed by atoms with Gasteiger partial charge in [-0.2, -0.15) is 0 Å². The van der Waals surface area contributed by atoms with Gasteiger partial charge in [0.15, 0.2) is 0 Å². The Balaban J connectivity index is 2.04. The Morgan fingerprint density at radius 1 is 1.24 bits per heavy atom. The SMILES string of the molecule is CCN(CC1CC(C(C)C)CCC1O)c1ccc(F)cc1. The maximum atomic E-state index is 13.1. The van der Waals surface area contributed by atoms with E-state index >= 15 is 0 Å². The van der Waals surface area contributed by atoms with Crippen molar-refractivity contribution in [3.05, 3.63) is 30.1 Å². The van der Waals surface area contributed by atoms with E-state index in [9.17, 15) is 9.50 Å². The highest BCUT2D eigenvalue weighted by atomic mass is 19.1. The summed E-state index contributed by atoms with van der Waals surface area (Å²) >= 11 is 0. The fourth-order valence-electron chi connectivity index (χ4n) is 3.44. The van der Waals surface area contributed by atoms with Crippen LogP contribution in [-0.2, 0) is 0 Å². The van der Waals surface area contributed by atoms with Crippen LogP contribution in [0.15, 0.2) is 24.3 Å². The fraction of sp³-hybridized carbons (Fsp3) is 0.667. The van der Waals surface area contributed by atoms with Crippen LogP contribution in [0, 0.1) is 23.6 Å². The summed E-state index contributed by atoms with van der Waals surface area (Å²) < 4.78 is 13.1. The monoisotopic (exact) mass is 293 g/mol. The molecule has 3 heteroatoms. The quantitative estimate of drug-likeness (QED) is 0.884. The molecule has 1 aromatic carbocycles. The zero-order valence-corrected chi connectivity index (χ0v) is 13.4. The van der Waals surface area contributed by atoms with Gasteiger partial charge in [0.1, 0.15) is 5.82 Å². The molecule has 3 atom stereocenters. The van der Waals surface area contributed by atoms with Gasteiger partial charge in [-0.05, 0) is 62.3 Å². The first-order valence-electron chi connectivity index (χ1n) is 8.19. The van der Waals surface area contributed by atoms with Crippen LogP contribution in [0.2, 0.25) is 0 Å². The standard InChI is InChI=1S/C18H28FNO/c1-4-20(17-8-6-16(19)7-9-17)12-15-11-14(13(2)3)5-10-18(15)21/h6-9,13-15,18,21H,4-5,10-12H2,1-3H3. The summed E-state index contributed by atoms with van der Waals surface area (Å²) in [7, 11) is 0. The third kappa shape index (κ3) is 4.19. The zero-order valence-electron chi connectivity index (χ0n) is 13.4. The van der Waals surface area contributed by atoms with Crippen LogP contribution < -0.4 is 4.90 Å². The Bertz CT molecular complexity index is 431. The van der Waals surface area contributed by atoms with E-state index in [1.165, 1.54) is 12.1 Å². The van der Waals surface area contributed by atoms with Gasteiger partial charge in [0.05, 0.1) is 6.10 Å². The molecule has 0 radical (unpaired) electrons. The number of hydrogen-bond acceptors (Lipinski definition) is 2. The van der Waals surface area contributed by atoms with Crippen LogP contribution in [0.1, 0.15) is 40.0 Å². The number of nitrogens with zero attached hydrogens (tertiary/aromatic N) is 1. The van der Waals surface area contributed by atoms with E-state index in [1.807, 2.05) is 12.1 Å². The van der Waals surface area contributed by atoms with Gasteiger partial charge in [-0.1, -0.05) is 13.8 Å². The summed E-state index contributed by atoms with van der Waals surface area (Å²) in [4.78, 5) is 2.25. The van der Waals surface area contributed by atoms with Crippen LogP contribution in [0.25, 0.3) is 0 Å². The second kappa shape index (κ2) is 7.26. The molecule has 0 amide bonds. The van der Waals surface area contributed by atoms with Gasteiger partial charge >= 0.3 is 0 Å². The lowest BCUT2D eigenvalue weighted by atomic mass is 9.74. The van der Waals surface area contributed by atoms with Crippen molar-refractivity contribution in [1.82, 2.24) is 0 Å². The highest BCUT2D eigenvalue weighted by Crippen LogP contribution is 2.35. The van der Waals surface area contributed by atoms with Crippen LogP contribution in [0.5, 0.6) is 0 Å². The minimum Gasteiger partial charge on any atom is -0.393 e. The first kappa shape index (κ1) is 16.3. The first-order valence-corrected chi connectivity index (χ1v) is 8.19. The number of halogens is 1. The van der Waals surface area contributed by atoms with Crippen molar-refractivity contribution in [2.24, 2.45) is 17.8 Å². The molecule has 1 N–H and O–H groups in total. The third-order valence-electron chi connectivity index (χ3n) is 4.95. The second-order valence-corrected chi connectivity index (χ2v) is 6.66. The fourth-order valence-corrected chi connectivity index (χ4v) is 3.44. The summed E-state index contributed by atoms with van der Waals surface area (Å²) in [6.45, 7) is 8.39. The van der Waals surface area contributed by atoms with E-state index in [0.29, 0.717) is 17.8 Å². The molecule has 21 heavy (non-hydrogen) atoms. The average molecular weight is 293 g/mol. The second-order valence-electron chi connectivity index (χ2n) is 6.66. The van der Waals surface area contributed by atoms with E-state index in [4.69, 9.17) is 0 Å². The van der Waals surface area contributed by atoms with Gasteiger partial charge in [-0.15, -0.1) is 0 Å². The van der Waals surface area contributed by atoms with Crippen LogP contribution in [0.4, 0.5) is 10.1 Å². The summed E-state index contributed by atoms with van der Waals surface area (Å²) in [6, 6.07) is 6.67. The van der Waals surface area contributed by atoms with Gasteiger partial charge in [-0.3, -0.25) is 0 Å². The zero-order chi connectivity index (χ0) is 15.4. The van der Waals surface area contributed by atoms with Crippen LogP contribution in [0.3, 0.4) is 0 Å². The molecule has 1 saturated carbocycles. The van der Waals surface area contributed by atoms with Crippen molar-refractivity contribution >= 4 is 5.69 Å². The molecular weight excluding hydrogens is 265 g/mol. The van der Waals surface area contributed by atoms with E-state index in [-0.39, 0.29) is 11.9 Å². The normalized spacial score (nSPS) is 26.1. The Hall–Kier alpha value is -1.09. The number of aliphatic hydroxyl groups is 1. The van der Waals surface area contributed by atoms with E-state index < -0.39 is 0 Å². The van der Waals surface area contributed by atoms with Gasteiger partial charge < -0.3 is 10.0 Å². The predicted molar refractivity (Wildman–Crippen MR) is 86.0 cm³/mol. The lowest BCUT2D eigenvalue weighted by Crippen LogP contribution is -2.40. The summed E-state index contributed by atoms with van der Waals surface area (Å²) in [5, 5.41) is 10.3. The smallest absolute Gasteiger partial charge is 0.123 e. The lowest BCUT2D eigenvalue weighted by molar-refractivity contribution is 0.0410. The topological polar surface area (TPSA) is 23.5 Å². The highest BCUT2D eigenvalue weighted by Gasteiger charge is 2.31. The number of rotatable bonds is 5. The number of hydrogen-bond donors (Lipinski definition) is 1. The van der Waals surface area contributed by atoms with Crippen molar-refractivity contribution in [3.8, 4) is 0 Å². The molecule has 0 aromatic heterocycles. The van der Waals surface area contributed by atoms with Crippen molar-refractivity contribution in [2.45, 2.75) is 46.1 Å². The Morgan fingerprint density at radius 3 is 2.48 bits per heavy atom. The molecule has 1 aliphatic rings. The van der Waals surface area contributed by atoms with Gasteiger partial charge in [-0.25, -0.2) is 4.39 Å². The first-order chi connectivity index (χ1) is 10.0. The van der Waals surface area contributed by atoms with Crippen LogP contribution >= 0.6 is 0 Å². The van der Waals surface area contributed by atoms with Crippen molar-refractivity contribution in [2.75, 3.05) is 18.0 Å². The van der Waals surface area contributed by atoms with E-state index in [2.05, 4.69) is 25.7 Å². The lowest BCUT2D eigenvalue weighted by Gasteiger charge is -2.38. The molecule has 1 fully saturated rings. The van der Waals surface area contributed by atoms with Crippen molar-refractivity contribution in [3.63, 3.8) is 0 Å². The molecule has 2 rings (SSSR count). The molecule has 118 valence electrons. The molecule has 2 nitrogen and oxygen atoms in total. The van der Waals surface area contributed by atoms with Gasteiger partial charge in [0.2, 0.25) is 0 Å². The predicted octanol–water partition coefficient (Wildman–Crippen LogP) is 4.09. The molecular formula is C18H28FNO. The number of anilines is 1.